The molecule has 0 spiro atoms. The van der Waals surface area contributed by atoms with Gasteiger partial charge in [-0.15, -0.1) is 0 Å². The number of fused-ring (bicyclic) bond motifs is 1. The third-order valence-electron chi connectivity index (χ3n) is 4.08. The van der Waals surface area contributed by atoms with Crippen LogP contribution < -0.4 is 5.32 Å². The average molecular weight is 325 g/mol. The highest BCUT2D eigenvalue weighted by atomic mass is 16.4. The van der Waals surface area contributed by atoms with Crippen LogP contribution in [0.1, 0.15) is 42.2 Å². The molecule has 1 amide bonds. The van der Waals surface area contributed by atoms with Crippen molar-refractivity contribution in [1.82, 2.24) is 5.32 Å². The molecule has 2 aromatic rings. The lowest BCUT2D eigenvalue weighted by Gasteiger charge is -2.13. The number of benzene rings is 2. The Kier molecular flexibility index (Phi) is 4.04. The highest BCUT2D eigenvalue weighted by Crippen LogP contribution is 2.22. The largest absolute Gasteiger partial charge is 0.478 e. The van der Waals surface area contributed by atoms with Crippen molar-refractivity contribution < 1.29 is 24.6 Å². The van der Waals surface area contributed by atoms with E-state index in [1.807, 2.05) is 24.3 Å². The summed E-state index contributed by atoms with van der Waals surface area (Å²) in [7, 11) is 0. The second-order valence-corrected chi connectivity index (χ2v) is 5.76. The van der Waals surface area contributed by atoms with E-state index in [4.69, 9.17) is 10.2 Å². The summed E-state index contributed by atoms with van der Waals surface area (Å²) in [6.45, 7) is 0. The summed E-state index contributed by atoms with van der Waals surface area (Å²) in [5.41, 5.74) is 1.93. The van der Waals surface area contributed by atoms with E-state index >= 15 is 0 Å². The molecule has 0 saturated carbocycles. The monoisotopic (exact) mass is 325 g/mol. The molecule has 1 aliphatic rings. The van der Waals surface area contributed by atoms with Crippen molar-refractivity contribution in [3.8, 4) is 0 Å². The number of rotatable bonds is 4. The average Bonchev–Trinajstić information content (AvgIpc) is 2.96. The molecule has 6 nitrogen and oxygen atoms in total. The minimum Gasteiger partial charge on any atom is -0.478 e. The smallest absolute Gasteiger partial charge is 0.335 e. The van der Waals surface area contributed by atoms with E-state index in [1.54, 1.807) is 0 Å². The number of nitrogens with one attached hydrogen (secondary N) is 1. The predicted molar refractivity (Wildman–Crippen MR) is 85.5 cm³/mol. The topological polar surface area (TPSA) is 104 Å². The molecule has 6 heteroatoms. The van der Waals surface area contributed by atoms with Crippen molar-refractivity contribution in [3.05, 3.63) is 70.3 Å². The zero-order chi connectivity index (χ0) is 17.3. The van der Waals surface area contributed by atoms with Gasteiger partial charge in [-0.25, -0.2) is 9.59 Å². The summed E-state index contributed by atoms with van der Waals surface area (Å²) in [5, 5.41) is 21.0. The third-order valence-corrected chi connectivity index (χ3v) is 4.08. The SMILES string of the molecule is O=C(O)c1cc(C(=O)O)cc(C(=O)NC2Cc3ccccc3C2)c1. The van der Waals surface area contributed by atoms with Crippen molar-refractivity contribution in [2.24, 2.45) is 0 Å². The molecular formula is C18H15NO5. The minimum atomic E-state index is -1.28. The molecule has 3 N–H and O–H groups in total. The van der Waals surface area contributed by atoms with Crippen LogP contribution in [0.2, 0.25) is 0 Å². The van der Waals surface area contributed by atoms with Gasteiger partial charge in [-0.3, -0.25) is 4.79 Å². The first-order chi connectivity index (χ1) is 11.4. The first kappa shape index (κ1) is 15.7. The van der Waals surface area contributed by atoms with Crippen molar-refractivity contribution in [2.45, 2.75) is 18.9 Å². The molecule has 0 aliphatic heterocycles. The highest BCUT2D eigenvalue weighted by Gasteiger charge is 2.23. The van der Waals surface area contributed by atoms with Crippen LogP contribution in [-0.2, 0) is 12.8 Å². The number of aromatic carboxylic acids is 2. The number of amides is 1. The Morgan fingerprint density at radius 1 is 0.833 bits per heavy atom. The molecule has 24 heavy (non-hydrogen) atoms. The maximum Gasteiger partial charge on any atom is 0.335 e. The summed E-state index contributed by atoms with van der Waals surface area (Å²) in [6, 6.07) is 11.2. The molecule has 2 aromatic carbocycles. The molecule has 3 rings (SSSR count). The van der Waals surface area contributed by atoms with E-state index in [1.165, 1.54) is 23.3 Å². The second-order valence-electron chi connectivity index (χ2n) is 5.76. The van der Waals surface area contributed by atoms with Gasteiger partial charge in [-0.2, -0.15) is 0 Å². The fourth-order valence-corrected chi connectivity index (χ4v) is 2.94. The Hall–Kier alpha value is -3.15. The van der Waals surface area contributed by atoms with Gasteiger partial charge in [0, 0.05) is 11.6 Å². The van der Waals surface area contributed by atoms with Crippen molar-refractivity contribution in [3.63, 3.8) is 0 Å². The van der Waals surface area contributed by atoms with Crippen LogP contribution in [0.25, 0.3) is 0 Å². The number of hydrogen-bond acceptors (Lipinski definition) is 3. The van der Waals surface area contributed by atoms with E-state index in [-0.39, 0.29) is 22.7 Å². The van der Waals surface area contributed by atoms with Crippen LogP contribution in [0.15, 0.2) is 42.5 Å². The van der Waals surface area contributed by atoms with Crippen molar-refractivity contribution in [1.29, 1.82) is 0 Å². The third kappa shape index (κ3) is 3.12. The van der Waals surface area contributed by atoms with Crippen LogP contribution in [0.4, 0.5) is 0 Å². The highest BCUT2D eigenvalue weighted by molar-refractivity contribution is 6.01. The standard InChI is InChI=1S/C18H15NO5/c20-16(19-15-8-10-3-1-2-4-11(10)9-15)12-5-13(17(21)22)7-14(6-12)18(23)24/h1-7,15H,8-9H2,(H,19,20)(H,21,22)(H,23,24). The van der Waals surface area contributed by atoms with Gasteiger partial charge in [0.05, 0.1) is 11.1 Å². The van der Waals surface area contributed by atoms with E-state index < -0.39 is 17.8 Å². The minimum absolute atomic E-state index is 0.0308. The van der Waals surface area contributed by atoms with Crippen LogP contribution >= 0.6 is 0 Å². The summed E-state index contributed by atoms with van der Waals surface area (Å²) in [6.07, 6.45) is 1.40. The maximum atomic E-state index is 12.4. The Morgan fingerprint density at radius 3 is 1.75 bits per heavy atom. The van der Waals surface area contributed by atoms with E-state index in [0.29, 0.717) is 12.8 Å². The number of carboxylic acids is 2. The van der Waals surface area contributed by atoms with Gasteiger partial charge in [0.25, 0.3) is 5.91 Å². The predicted octanol–water partition coefficient (Wildman–Crippen LogP) is 1.98. The first-order valence-electron chi connectivity index (χ1n) is 7.43. The van der Waals surface area contributed by atoms with Gasteiger partial charge >= 0.3 is 11.9 Å². The molecule has 0 aromatic heterocycles. The Morgan fingerprint density at radius 2 is 1.29 bits per heavy atom. The molecule has 0 unspecified atom stereocenters. The van der Waals surface area contributed by atoms with E-state index in [0.717, 1.165) is 6.07 Å². The lowest BCUT2D eigenvalue weighted by Crippen LogP contribution is -2.35. The van der Waals surface area contributed by atoms with Crippen molar-refractivity contribution in [2.75, 3.05) is 0 Å². The quantitative estimate of drug-likeness (QED) is 0.797. The number of carbonyl (C=O) groups excluding carboxylic acids is 1. The molecule has 0 bridgehead atoms. The Labute approximate surface area is 137 Å². The van der Waals surface area contributed by atoms with E-state index in [9.17, 15) is 14.4 Å². The first-order valence-corrected chi connectivity index (χ1v) is 7.43. The van der Waals surface area contributed by atoms with Gasteiger partial charge in [-0.05, 0) is 42.2 Å². The van der Waals surface area contributed by atoms with Gasteiger partial charge in [0.2, 0.25) is 0 Å². The zero-order valence-electron chi connectivity index (χ0n) is 12.7. The molecule has 0 fully saturated rings. The fraction of sp³-hybridized carbons (Fsp3) is 0.167. The van der Waals surface area contributed by atoms with Crippen LogP contribution in [-0.4, -0.2) is 34.1 Å². The molecule has 0 radical (unpaired) electrons. The van der Waals surface area contributed by atoms with Gasteiger partial charge < -0.3 is 15.5 Å². The number of carboxylic acid groups (broad SMARTS) is 2. The second kappa shape index (κ2) is 6.16. The summed E-state index contributed by atoms with van der Waals surface area (Å²) in [4.78, 5) is 34.6. The molecule has 1 aliphatic carbocycles. The summed E-state index contributed by atoms with van der Waals surface area (Å²) < 4.78 is 0. The van der Waals surface area contributed by atoms with Gasteiger partial charge in [0.15, 0.2) is 0 Å². The van der Waals surface area contributed by atoms with Crippen molar-refractivity contribution >= 4 is 17.8 Å². The molecule has 122 valence electrons. The lowest BCUT2D eigenvalue weighted by molar-refractivity contribution is 0.0696. The maximum absolute atomic E-state index is 12.4. The molecule has 0 heterocycles. The van der Waals surface area contributed by atoms with Crippen LogP contribution in [0, 0.1) is 0 Å². The number of carbonyl (C=O) groups is 3. The number of hydrogen-bond donors (Lipinski definition) is 3. The molecular weight excluding hydrogens is 310 g/mol. The summed E-state index contributed by atoms with van der Waals surface area (Å²) >= 11 is 0. The van der Waals surface area contributed by atoms with Crippen LogP contribution in [0.5, 0.6) is 0 Å². The van der Waals surface area contributed by atoms with Crippen LogP contribution in [0.3, 0.4) is 0 Å². The fourth-order valence-electron chi connectivity index (χ4n) is 2.94. The Bertz CT molecular complexity index is 786. The Balaban J connectivity index is 1.80. The van der Waals surface area contributed by atoms with Gasteiger partial charge in [0.1, 0.15) is 0 Å². The lowest BCUT2D eigenvalue weighted by atomic mass is 10.0. The van der Waals surface area contributed by atoms with E-state index in [2.05, 4.69) is 5.32 Å². The molecule has 0 saturated heterocycles. The zero-order valence-corrected chi connectivity index (χ0v) is 12.7. The summed E-state index contributed by atoms with van der Waals surface area (Å²) in [5.74, 6) is -3.03. The van der Waals surface area contributed by atoms with Gasteiger partial charge in [-0.1, -0.05) is 24.3 Å². The normalized spacial score (nSPS) is 13.3. The molecule has 0 atom stereocenters.